The fraction of sp³-hybridized carbons (Fsp3) is 0.300. The van der Waals surface area contributed by atoms with Gasteiger partial charge in [0, 0.05) is 18.7 Å². The number of amides is 1. The van der Waals surface area contributed by atoms with Crippen molar-refractivity contribution < 1.29 is 14.3 Å². The van der Waals surface area contributed by atoms with E-state index in [0.29, 0.717) is 48.9 Å². The maximum Gasteiger partial charge on any atom is 0.254 e. The highest BCUT2D eigenvalue weighted by atomic mass is 16.6. The van der Waals surface area contributed by atoms with Crippen molar-refractivity contribution in [1.29, 1.82) is 5.26 Å². The van der Waals surface area contributed by atoms with Gasteiger partial charge in [-0.15, -0.1) is 0 Å². The molecule has 3 rings (SSSR count). The largest absolute Gasteiger partial charge is 0.486 e. The normalized spacial score (nSPS) is 12.3. The van der Waals surface area contributed by atoms with E-state index in [1.807, 2.05) is 24.0 Å². The van der Waals surface area contributed by atoms with Crippen LogP contribution >= 0.6 is 0 Å². The van der Waals surface area contributed by atoms with Gasteiger partial charge < -0.3 is 14.4 Å². The molecule has 0 atom stereocenters. The predicted octanol–water partition coefficient (Wildman–Crippen LogP) is 3.38. The van der Waals surface area contributed by atoms with Crippen molar-refractivity contribution >= 4 is 5.91 Å². The lowest BCUT2D eigenvalue weighted by molar-refractivity contribution is 0.0742. The first kappa shape index (κ1) is 16.8. The predicted molar refractivity (Wildman–Crippen MR) is 93.6 cm³/mol. The van der Waals surface area contributed by atoms with E-state index in [9.17, 15) is 4.79 Å². The lowest BCUT2D eigenvalue weighted by Gasteiger charge is -2.24. The number of fused-ring (bicyclic) bond motifs is 1. The quantitative estimate of drug-likeness (QED) is 0.840. The molecule has 0 saturated carbocycles. The van der Waals surface area contributed by atoms with Crippen molar-refractivity contribution in [3.05, 3.63) is 59.2 Å². The van der Waals surface area contributed by atoms with Crippen molar-refractivity contribution in [2.45, 2.75) is 19.9 Å². The van der Waals surface area contributed by atoms with Gasteiger partial charge in [-0.25, -0.2) is 0 Å². The Hall–Kier alpha value is -3.00. The van der Waals surface area contributed by atoms with E-state index >= 15 is 0 Å². The lowest BCUT2D eigenvalue weighted by Crippen LogP contribution is -2.31. The van der Waals surface area contributed by atoms with Gasteiger partial charge in [-0.05, 0) is 42.3 Å². The molecule has 0 saturated heterocycles. The molecule has 1 aliphatic rings. The average molecular weight is 336 g/mol. The summed E-state index contributed by atoms with van der Waals surface area (Å²) >= 11 is 0. The van der Waals surface area contributed by atoms with E-state index in [0.717, 1.165) is 12.0 Å². The van der Waals surface area contributed by atoms with E-state index in [-0.39, 0.29) is 5.91 Å². The van der Waals surface area contributed by atoms with Crippen LogP contribution in [0.4, 0.5) is 0 Å². The molecule has 0 N–H and O–H groups in total. The second-order valence-electron chi connectivity index (χ2n) is 5.89. The fourth-order valence-corrected chi connectivity index (χ4v) is 2.79. The summed E-state index contributed by atoms with van der Waals surface area (Å²) in [7, 11) is 0. The Labute approximate surface area is 147 Å². The standard InChI is InChI=1S/C20H20N2O3/c1-2-9-22(14-16-5-3-15(13-21)4-6-16)20(23)17-7-8-18-19(12-17)25-11-10-24-18/h3-8,12H,2,9-11,14H2,1H3. The van der Waals surface area contributed by atoms with Crippen molar-refractivity contribution in [3.8, 4) is 17.6 Å². The molecule has 5 heteroatoms. The Morgan fingerprint density at radius 1 is 1.12 bits per heavy atom. The number of benzene rings is 2. The Kier molecular flexibility index (Phi) is 5.20. The van der Waals surface area contributed by atoms with E-state index < -0.39 is 0 Å². The molecule has 1 aliphatic heterocycles. The maximum atomic E-state index is 12.9. The van der Waals surface area contributed by atoms with E-state index in [1.165, 1.54) is 0 Å². The van der Waals surface area contributed by atoms with E-state index in [2.05, 4.69) is 6.07 Å². The van der Waals surface area contributed by atoms with Crippen LogP contribution in [-0.4, -0.2) is 30.6 Å². The summed E-state index contributed by atoms with van der Waals surface area (Å²) in [5.74, 6) is 1.26. The molecule has 25 heavy (non-hydrogen) atoms. The number of nitrogens with zero attached hydrogens (tertiary/aromatic N) is 2. The highest BCUT2D eigenvalue weighted by molar-refractivity contribution is 5.95. The summed E-state index contributed by atoms with van der Waals surface area (Å²) in [6, 6.07) is 14.7. The first-order chi connectivity index (χ1) is 12.2. The van der Waals surface area contributed by atoms with Gasteiger partial charge >= 0.3 is 0 Å². The summed E-state index contributed by atoms with van der Waals surface area (Å²) in [4.78, 5) is 14.7. The van der Waals surface area contributed by atoms with Gasteiger partial charge in [0.2, 0.25) is 0 Å². The number of carbonyl (C=O) groups is 1. The molecule has 0 radical (unpaired) electrons. The van der Waals surface area contributed by atoms with Crippen molar-refractivity contribution in [2.75, 3.05) is 19.8 Å². The minimum atomic E-state index is -0.0387. The molecular weight excluding hydrogens is 316 g/mol. The number of hydrogen-bond acceptors (Lipinski definition) is 4. The smallest absolute Gasteiger partial charge is 0.254 e. The van der Waals surface area contributed by atoms with Crippen LogP contribution in [0.2, 0.25) is 0 Å². The number of nitriles is 1. The second-order valence-corrected chi connectivity index (χ2v) is 5.89. The highest BCUT2D eigenvalue weighted by Gasteiger charge is 2.19. The third-order valence-electron chi connectivity index (χ3n) is 4.03. The lowest BCUT2D eigenvalue weighted by atomic mass is 10.1. The maximum absolute atomic E-state index is 12.9. The molecule has 0 unspecified atom stereocenters. The van der Waals surface area contributed by atoms with Crippen LogP contribution in [0.25, 0.3) is 0 Å². The minimum absolute atomic E-state index is 0.0387. The van der Waals surface area contributed by atoms with Gasteiger partial charge in [0.25, 0.3) is 5.91 Å². The summed E-state index contributed by atoms with van der Waals surface area (Å²) in [5.41, 5.74) is 2.20. The van der Waals surface area contributed by atoms with Crippen LogP contribution < -0.4 is 9.47 Å². The van der Waals surface area contributed by atoms with Crippen LogP contribution in [0.3, 0.4) is 0 Å². The number of hydrogen-bond donors (Lipinski definition) is 0. The highest BCUT2D eigenvalue weighted by Crippen LogP contribution is 2.31. The Morgan fingerprint density at radius 2 is 1.84 bits per heavy atom. The topological polar surface area (TPSA) is 62.6 Å². The van der Waals surface area contributed by atoms with Gasteiger partial charge in [0.15, 0.2) is 11.5 Å². The molecule has 2 aromatic carbocycles. The molecule has 1 amide bonds. The Morgan fingerprint density at radius 3 is 2.52 bits per heavy atom. The van der Waals surface area contributed by atoms with Crippen LogP contribution in [0.5, 0.6) is 11.5 Å². The van der Waals surface area contributed by atoms with Crippen LogP contribution in [0.15, 0.2) is 42.5 Å². The van der Waals surface area contributed by atoms with Gasteiger partial charge in [-0.2, -0.15) is 5.26 Å². The molecule has 0 bridgehead atoms. The minimum Gasteiger partial charge on any atom is -0.486 e. The number of ether oxygens (including phenoxy) is 2. The van der Waals surface area contributed by atoms with Crippen molar-refractivity contribution in [1.82, 2.24) is 4.90 Å². The van der Waals surface area contributed by atoms with Crippen molar-refractivity contribution in [2.24, 2.45) is 0 Å². The molecular formula is C20H20N2O3. The molecule has 128 valence electrons. The third kappa shape index (κ3) is 3.92. The molecule has 0 spiro atoms. The fourth-order valence-electron chi connectivity index (χ4n) is 2.79. The first-order valence-corrected chi connectivity index (χ1v) is 8.39. The Bertz CT molecular complexity index is 794. The van der Waals surface area contributed by atoms with Gasteiger partial charge in [0.1, 0.15) is 13.2 Å². The molecule has 2 aromatic rings. The Balaban J connectivity index is 1.79. The second kappa shape index (κ2) is 7.71. The number of rotatable bonds is 5. The molecule has 0 aliphatic carbocycles. The molecule has 0 aromatic heterocycles. The summed E-state index contributed by atoms with van der Waals surface area (Å²) < 4.78 is 11.1. The van der Waals surface area contributed by atoms with Crippen molar-refractivity contribution in [3.63, 3.8) is 0 Å². The third-order valence-corrected chi connectivity index (χ3v) is 4.03. The van der Waals surface area contributed by atoms with Gasteiger partial charge in [-0.3, -0.25) is 4.79 Å². The zero-order valence-electron chi connectivity index (χ0n) is 14.2. The zero-order valence-corrected chi connectivity index (χ0v) is 14.2. The SMILES string of the molecule is CCCN(Cc1ccc(C#N)cc1)C(=O)c1ccc2c(c1)OCCO2. The van der Waals surface area contributed by atoms with Crippen LogP contribution in [0.1, 0.15) is 34.8 Å². The van der Waals surface area contributed by atoms with Crippen LogP contribution in [0, 0.1) is 11.3 Å². The molecule has 1 heterocycles. The van der Waals surface area contributed by atoms with Gasteiger partial charge in [-0.1, -0.05) is 19.1 Å². The molecule has 0 fully saturated rings. The molecule has 5 nitrogen and oxygen atoms in total. The monoisotopic (exact) mass is 336 g/mol. The zero-order chi connectivity index (χ0) is 17.6. The van der Waals surface area contributed by atoms with Crippen LogP contribution in [-0.2, 0) is 6.54 Å². The van der Waals surface area contributed by atoms with E-state index in [4.69, 9.17) is 14.7 Å². The average Bonchev–Trinajstić information content (AvgIpc) is 2.67. The summed E-state index contributed by atoms with van der Waals surface area (Å²) in [5, 5.41) is 8.89. The summed E-state index contributed by atoms with van der Waals surface area (Å²) in [6.07, 6.45) is 0.868. The van der Waals surface area contributed by atoms with E-state index in [1.54, 1.807) is 30.3 Å². The summed E-state index contributed by atoms with van der Waals surface area (Å²) in [6.45, 7) is 4.23. The first-order valence-electron chi connectivity index (χ1n) is 8.39. The number of carbonyl (C=O) groups excluding carboxylic acids is 1. The van der Waals surface area contributed by atoms with Gasteiger partial charge in [0.05, 0.1) is 11.6 Å².